The highest BCUT2D eigenvalue weighted by Crippen LogP contribution is 2.33. The number of carbonyl (C=O) groups excluding carboxylic acids is 3. The molecule has 6 heteroatoms. The van der Waals surface area contributed by atoms with Crippen molar-refractivity contribution in [3.8, 4) is 0 Å². The van der Waals surface area contributed by atoms with Crippen LogP contribution in [0.15, 0.2) is 24.3 Å². The van der Waals surface area contributed by atoms with E-state index in [-0.39, 0.29) is 30.8 Å². The maximum Gasteiger partial charge on any atom is 0.330 e. The first-order chi connectivity index (χ1) is 12.9. The van der Waals surface area contributed by atoms with Gasteiger partial charge in [-0.25, -0.2) is 4.79 Å². The highest BCUT2D eigenvalue weighted by Gasteiger charge is 2.40. The maximum absolute atomic E-state index is 12.2. The van der Waals surface area contributed by atoms with E-state index in [1.165, 1.54) is 13.2 Å². The number of esters is 1. The molecule has 0 aliphatic heterocycles. The van der Waals surface area contributed by atoms with Gasteiger partial charge in [-0.05, 0) is 12.8 Å². The Morgan fingerprint density at radius 2 is 2.07 bits per heavy atom. The smallest absolute Gasteiger partial charge is 0.330 e. The van der Waals surface area contributed by atoms with E-state index in [0.717, 1.165) is 19.3 Å². The molecule has 1 fully saturated rings. The van der Waals surface area contributed by atoms with E-state index in [0.29, 0.717) is 12.8 Å². The second kappa shape index (κ2) is 12.6. The summed E-state index contributed by atoms with van der Waals surface area (Å²) in [6, 6.07) is 0. The fourth-order valence-corrected chi connectivity index (χ4v) is 3.28. The zero-order chi connectivity index (χ0) is 20.2. The topological polar surface area (TPSA) is 101 Å². The van der Waals surface area contributed by atoms with Gasteiger partial charge in [-0.15, -0.1) is 0 Å². The average molecular weight is 380 g/mol. The molecule has 4 atom stereocenters. The van der Waals surface area contributed by atoms with Crippen LogP contribution in [0.25, 0.3) is 0 Å². The van der Waals surface area contributed by atoms with Crippen LogP contribution in [0.2, 0.25) is 0 Å². The average Bonchev–Trinajstić information content (AvgIpc) is 2.89. The Hall–Kier alpha value is -1.79. The number of aliphatic hydroxyl groups is 2. The number of methoxy groups -OCH3 is 1. The van der Waals surface area contributed by atoms with Crippen LogP contribution in [0.4, 0.5) is 0 Å². The SMILES string of the molecule is CCCCC[C@H](O)/C=C/[C@H]1[C@H](O)CC(=O)[C@@H]1CC(=O)CC/C=C/C(=O)OC. The lowest BCUT2D eigenvalue weighted by molar-refractivity contribution is -0.134. The third-order valence-corrected chi connectivity index (χ3v) is 4.88. The highest BCUT2D eigenvalue weighted by molar-refractivity contribution is 5.90. The molecule has 1 rings (SSSR count). The van der Waals surface area contributed by atoms with E-state index in [1.807, 2.05) is 0 Å². The van der Waals surface area contributed by atoms with Gasteiger partial charge in [-0.2, -0.15) is 0 Å². The molecule has 0 spiro atoms. The van der Waals surface area contributed by atoms with Crippen molar-refractivity contribution in [3.05, 3.63) is 24.3 Å². The van der Waals surface area contributed by atoms with Gasteiger partial charge >= 0.3 is 5.97 Å². The number of ketones is 2. The predicted molar refractivity (Wildman–Crippen MR) is 102 cm³/mol. The third kappa shape index (κ3) is 8.63. The molecule has 0 bridgehead atoms. The molecule has 1 aliphatic carbocycles. The van der Waals surface area contributed by atoms with Crippen LogP contribution in [0.1, 0.15) is 58.3 Å². The van der Waals surface area contributed by atoms with Crippen molar-refractivity contribution in [2.75, 3.05) is 7.11 Å². The Bertz CT molecular complexity index is 551. The summed E-state index contributed by atoms with van der Waals surface area (Å²) < 4.78 is 4.47. The van der Waals surface area contributed by atoms with Crippen LogP contribution >= 0.6 is 0 Å². The molecule has 0 amide bonds. The molecular weight excluding hydrogens is 348 g/mol. The van der Waals surface area contributed by atoms with E-state index < -0.39 is 30.0 Å². The minimum Gasteiger partial charge on any atom is -0.466 e. The van der Waals surface area contributed by atoms with Gasteiger partial charge in [-0.1, -0.05) is 44.4 Å². The molecule has 2 N–H and O–H groups in total. The van der Waals surface area contributed by atoms with Crippen LogP contribution in [0, 0.1) is 11.8 Å². The molecule has 0 aromatic heterocycles. The summed E-state index contributed by atoms with van der Waals surface area (Å²) in [5, 5.41) is 20.1. The van der Waals surface area contributed by atoms with Gasteiger partial charge in [0.05, 0.1) is 19.3 Å². The van der Waals surface area contributed by atoms with Gasteiger partial charge in [0, 0.05) is 37.2 Å². The number of carbonyl (C=O) groups is 3. The van der Waals surface area contributed by atoms with Crippen molar-refractivity contribution in [3.63, 3.8) is 0 Å². The van der Waals surface area contributed by atoms with E-state index in [9.17, 15) is 24.6 Å². The van der Waals surface area contributed by atoms with Crippen molar-refractivity contribution < 1.29 is 29.3 Å². The normalized spacial score (nSPS) is 24.0. The summed E-state index contributed by atoms with van der Waals surface area (Å²) in [6.07, 6.45) is 9.20. The van der Waals surface area contributed by atoms with Crippen LogP contribution < -0.4 is 0 Å². The number of allylic oxidation sites excluding steroid dienone is 1. The van der Waals surface area contributed by atoms with Gasteiger partial charge < -0.3 is 14.9 Å². The lowest BCUT2D eigenvalue weighted by Crippen LogP contribution is -2.22. The van der Waals surface area contributed by atoms with E-state index in [2.05, 4.69) is 11.7 Å². The standard InChI is InChI=1S/C21H32O6/c1-3-4-5-8-15(22)11-12-17-18(20(25)14-19(17)24)13-16(23)9-6-7-10-21(26)27-2/h7,10-12,15,17-19,22,24H,3-6,8-9,13-14H2,1-2H3/b10-7+,12-11+/t15-,17+,18+,19+/m0/s1. The first-order valence-electron chi connectivity index (χ1n) is 9.72. The van der Waals surface area contributed by atoms with Crippen molar-refractivity contribution in [1.29, 1.82) is 0 Å². The van der Waals surface area contributed by atoms with Crippen LogP contribution in [0.5, 0.6) is 0 Å². The monoisotopic (exact) mass is 380 g/mol. The molecule has 6 nitrogen and oxygen atoms in total. The van der Waals surface area contributed by atoms with Crippen molar-refractivity contribution in [1.82, 2.24) is 0 Å². The molecule has 152 valence electrons. The molecule has 1 saturated carbocycles. The molecule has 1 aliphatic rings. The van der Waals surface area contributed by atoms with Crippen molar-refractivity contribution in [2.24, 2.45) is 11.8 Å². The summed E-state index contributed by atoms with van der Waals surface area (Å²) in [6.45, 7) is 2.09. The number of rotatable bonds is 12. The lowest BCUT2D eigenvalue weighted by Gasteiger charge is -2.17. The Morgan fingerprint density at radius 3 is 2.74 bits per heavy atom. The van der Waals surface area contributed by atoms with Crippen LogP contribution in [0.3, 0.4) is 0 Å². The Kier molecular flexibility index (Phi) is 10.8. The zero-order valence-electron chi connectivity index (χ0n) is 16.3. The first-order valence-corrected chi connectivity index (χ1v) is 9.72. The molecule has 0 unspecified atom stereocenters. The van der Waals surface area contributed by atoms with Crippen molar-refractivity contribution in [2.45, 2.75) is 70.5 Å². The second-order valence-corrected chi connectivity index (χ2v) is 7.08. The zero-order valence-corrected chi connectivity index (χ0v) is 16.3. The largest absolute Gasteiger partial charge is 0.466 e. The van der Waals surface area contributed by atoms with Gasteiger partial charge in [0.15, 0.2) is 0 Å². The number of aliphatic hydroxyl groups excluding tert-OH is 2. The van der Waals surface area contributed by atoms with Crippen LogP contribution in [-0.2, 0) is 19.1 Å². The van der Waals surface area contributed by atoms with Gasteiger partial charge in [-0.3, -0.25) is 9.59 Å². The Balaban J connectivity index is 2.55. The summed E-state index contributed by atoms with van der Waals surface area (Å²) in [4.78, 5) is 35.3. The molecule has 0 saturated heterocycles. The maximum atomic E-state index is 12.2. The summed E-state index contributed by atoms with van der Waals surface area (Å²) in [5.41, 5.74) is 0. The van der Waals surface area contributed by atoms with E-state index >= 15 is 0 Å². The summed E-state index contributed by atoms with van der Waals surface area (Å²) in [7, 11) is 1.28. The molecule has 0 aromatic rings. The minimum absolute atomic E-state index is 0.0428. The first kappa shape index (κ1) is 23.2. The van der Waals surface area contributed by atoms with Gasteiger partial charge in [0.1, 0.15) is 11.6 Å². The Labute approximate surface area is 161 Å². The fourth-order valence-electron chi connectivity index (χ4n) is 3.28. The number of ether oxygens (including phenoxy) is 1. The predicted octanol–water partition coefficient (Wildman–Crippen LogP) is 2.52. The van der Waals surface area contributed by atoms with Crippen molar-refractivity contribution >= 4 is 17.5 Å². The quantitative estimate of drug-likeness (QED) is 0.233. The van der Waals surface area contributed by atoms with E-state index in [4.69, 9.17) is 0 Å². The summed E-state index contributed by atoms with van der Waals surface area (Å²) >= 11 is 0. The highest BCUT2D eigenvalue weighted by atomic mass is 16.5. The molecule has 27 heavy (non-hydrogen) atoms. The lowest BCUT2D eigenvalue weighted by atomic mass is 9.88. The number of unbranched alkanes of at least 4 members (excludes halogenated alkanes) is 2. The number of hydrogen-bond donors (Lipinski definition) is 2. The minimum atomic E-state index is -0.811. The van der Waals surface area contributed by atoms with Gasteiger partial charge in [0.2, 0.25) is 0 Å². The molecular formula is C21H32O6. The Morgan fingerprint density at radius 1 is 1.33 bits per heavy atom. The van der Waals surface area contributed by atoms with Crippen LogP contribution in [-0.4, -0.2) is 47.1 Å². The molecule has 0 heterocycles. The van der Waals surface area contributed by atoms with E-state index in [1.54, 1.807) is 18.2 Å². The molecule has 0 radical (unpaired) electrons. The van der Waals surface area contributed by atoms with Gasteiger partial charge in [0.25, 0.3) is 0 Å². The summed E-state index contributed by atoms with van der Waals surface area (Å²) in [5.74, 6) is -1.65. The second-order valence-electron chi connectivity index (χ2n) is 7.08. The molecule has 0 aromatic carbocycles. The number of Topliss-reactive ketones (excluding diaryl/α,β-unsaturated/α-hetero) is 2. The fraction of sp³-hybridized carbons (Fsp3) is 0.667. The third-order valence-electron chi connectivity index (χ3n) is 4.88. The number of hydrogen-bond acceptors (Lipinski definition) is 6.